The lowest BCUT2D eigenvalue weighted by Gasteiger charge is -2.38. The topological polar surface area (TPSA) is 102 Å². The van der Waals surface area contributed by atoms with Crippen molar-refractivity contribution in [2.45, 2.75) is 6.92 Å². The first-order valence-electron chi connectivity index (χ1n) is 7.37. The SMILES string of the molecule is Cc1nnc(NC(=O)C2CN(c3cc(-n4cccn4)ncn3)C2)s1. The molecule has 1 aliphatic rings. The fraction of sp³-hybridized carbons (Fsp3) is 0.286. The van der Waals surface area contributed by atoms with Gasteiger partial charge in [-0.15, -0.1) is 10.2 Å². The van der Waals surface area contributed by atoms with Crippen molar-refractivity contribution in [2.24, 2.45) is 5.92 Å². The van der Waals surface area contributed by atoms with Crippen molar-refractivity contribution in [1.29, 1.82) is 0 Å². The van der Waals surface area contributed by atoms with E-state index < -0.39 is 0 Å². The van der Waals surface area contributed by atoms with Crippen molar-refractivity contribution in [2.75, 3.05) is 23.3 Å². The maximum atomic E-state index is 12.2. The predicted molar refractivity (Wildman–Crippen MR) is 88.1 cm³/mol. The molecule has 1 saturated heterocycles. The van der Waals surface area contributed by atoms with E-state index in [1.807, 2.05) is 30.2 Å². The van der Waals surface area contributed by atoms with E-state index in [2.05, 4.69) is 30.6 Å². The Kier molecular flexibility index (Phi) is 3.65. The number of hydrogen-bond donors (Lipinski definition) is 1. The van der Waals surface area contributed by atoms with Crippen LogP contribution in [0.5, 0.6) is 0 Å². The lowest BCUT2D eigenvalue weighted by atomic mass is 9.99. The van der Waals surface area contributed by atoms with Gasteiger partial charge in [0.15, 0.2) is 5.82 Å². The monoisotopic (exact) mass is 342 g/mol. The van der Waals surface area contributed by atoms with Crippen LogP contribution in [0, 0.1) is 12.8 Å². The van der Waals surface area contributed by atoms with E-state index in [-0.39, 0.29) is 11.8 Å². The van der Waals surface area contributed by atoms with Crippen molar-refractivity contribution in [3.63, 3.8) is 0 Å². The summed E-state index contributed by atoms with van der Waals surface area (Å²) in [5.74, 6) is 1.36. The first kappa shape index (κ1) is 14.7. The lowest BCUT2D eigenvalue weighted by Crippen LogP contribution is -2.52. The molecule has 4 rings (SSSR count). The van der Waals surface area contributed by atoms with Crippen molar-refractivity contribution in [1.82, 2.24) is 29.9 Å². The Morgan fingerprint density at radius 2 is 2.12 bits per heavy atom. The van der Waals surface area contributed by atoms with Crippen molar-refractivity contribution < 1.29 is 4.79 Å². The number of nitrogens with zero attached hydrogens (tertiary/aromatic N) is 7. The summed E-state index contributed by atoms with van der Waals surface area (Å²) >= 11 is 1.37. The Bertz CT molecular complexity index is 855. The summed E-state index contributed by atoms with van der Waals surface area (Å²) in [6.07, 6.45) is 5.02. The van der Waals surface area contributed by atoms with E-state index in [0.717, 1.165) is 10.8 Å². The summed E-state index contributed by atoms with van der Waals surface area (Å²) in [5, 5.41) is 16.1. The Labute approximate surface area is 141 Å². The molecule has 0 aromatic carbocycles. The van der Waals surface area contributed by atoms with Gasteiger partial charge in [0.25, 0.3) is 0 Å². The van der Waals surface area contributed by atoms with Crippen LogP contribution in [0.4, 0.5) is 10.9 Å². The number of anilines is 2. The highest BCUT2D eigenvalue weighted by Crippen LogP contribution is 2.25. The molecule has 1 amide bonds. The van der Waals surface area contributed by atoms with Gasteiger partial charge in [0, 0.05) is 31.5 Å². The van der Waals surface area contributed by atoms with Crippen LogP contribution in [0.3, 0.4) is 0 Å². The van der Waals surface area contributed by atoms with Gasteiger partial charge in [-0.2, -0.15) is 5.10 Å². The van der Waals surface area contributed by atoms with Gasteiger partial charge in [-0.05, 0) is 13.0 Å². The number of hydrogen-bond acceptors (Lipinski definition) is 8. The highest BCUT2D eigenvalue weighted by atomic mass is 32.1. The number of rotatable bonds is 4. The average molecular weight is 342 g/mol. The van der Waals surface area contributed by atoms with Crippen LogP contribution >= 0.6 is 11.3 Å². The van der Waals surface area contributed by atoms with Crippen LogP contribution in [-0.2, 0) is 4.79 Å². The molecule has 24 heavy (non-hydrogen) atoms. The van der Waals surface area contributed by atoms with Gasteiger partial charge in [0.2, 0.25) is 11.0 Å². The molecular weight excluding hydrogens is 328 g/mol. The van der Waals surface area contributed by atoms with Gasteiger partial charge in [0.1, 0.15) is 17.2 Å². The summed E-state index contributed by atoms with van der Waals surface area (Å²) in [4.78, 5) is 22.7. The number of amides is 1. The molecule has 1 aliphatic heterocycles. The molecule has 1 N–H and O–H groups in total. The summed E-state index contributed by atoms with van der Waals surface area (Å²) in [6.45, 7) is 3.07. The Morgan fingerprint density at radius 3 is 2.83 bits per heavy atom. The minimum atomic E-state index is -0.0858. The minimum Gasteiger partial charge on any atom is -0.355 e. The van der Waals surface area contributed by atoms with Gasteiger partial charge in [0.05, 0.1) is 5.92 Å². The zero-order chi connectivity index (χ0) is 16.5. The van der Waals surface area contributed by atoms with Crippen LogP contribution in [0.2, 0.25) is 0 Å². The molecule has 0 aliphatic carbocycles. The summed E-state index contributed by atoms with van der Waals surface area (Å²) in [7, 11) is 0. The molecule has 9 nitrogen and oxygen atoms in total. The standard InChI is InChI=1S/C14H14N8OS/c1-9-19-20-14(24-9)18-13(23)10-6-21(7-10)11-5-12(16-8-15-11)22-4-2-3-17-22/h2-5,8,10H,6-7H2,1H3,(H,18,20,23). The first-order chi connectivity index (χ1) is 11.7. The number of aryl methyl sites for hydroxylation is 1. The number of aromatic nitrogens is 6. The quantitative estimate of drug-likeness (QED) is 0.751. The van der Waals surface area contributed by atoms with E-state index >= 15 is 0 Å². The molecule has 3 aromatic heterocycles. The summed E-state index contributed by atoms with van der Waals surface area (Å²) in [6, 6.07) is 3.69. The molecule has 122 valence electrons. The maximum Gasteiger partial charge on any atom is 0.232 e. The Morgan fingerprint density at radius 1 is 1.29 bits per heavy atom. The fourth-order valence-corrected chi connectivity index (χ4v) is 3.02. The van der Waals surface area contributed by atoms with Crippen LogP contribution in [-0.4, -0.2) is 48.9 Å². The fourth-order valence-electron chi connectivity index (χ4n) is 2.43. The zero-order valence-electron chi connectivity index (χ0n) is 12.8. The minimum absolute atomic E-state index is 0.0382. The summed E-state index contributed by atoms with van der Waals surface area (Å²) in [5.41, 5.74) is 0. The van der Waals surface area contributed by atoms with Crippen LogP contribution < -0.4 is 10.2 Å². The molecule has 0 unspecified atom stereocenters. The highest BCUT2D eigenvalue weighted by molar-refractivity contribution is 7.15. The van der Waals surface area contributed by atoms with Crippen LogP contribution in [0.1, 0.15) is 5.01 Å². The lowest BCUT2D eigenvalue weighted by molar-refractivity contribution is -0.120. The maximum absolute atomic E-state index is 12.2. The van der Waals surface area contributed by atoms with Crippen LogP contribution in [0.15, 0.2) is 30.9 Å². The normalized spacial score (nSPS) is 14.5. The third-order valence-electron chi connectivity index (χ3n) is 3.71. The molecule has 0 radical (unpaired) electrons. The molecule has 0 atom stereocenters. The second kappa shape index (κ2) is 5.96. The van der Waals surface area contributed by atoms with E-state index in [1.54, 1.807) is 10.9 Å². The van der Waals surface area contributed by atoms with Gasteiger partial charge >= 0.3 is 0 Å². The smallest absolute Gasteiger partial charge is 0.232 e. The number of carbonyl (C=O) groups is 1. The van der Waals surface area contributed by atoms with E-state index in [0.29, 0.717) is 24.0 Å². The third kappa shape index (κ3) is 2.83. The molecular formula is C14H14N8OS. The summed E-state index contributed by atoms with van der Waals surface area (Å²) < 4.78 is 1.67. The number of carbonyl (C=O) groups excluding carboxylic acids is 1. The van der Waals surface area contributed by atoms with E-state index in [9.17, 15) is 4.79 Å². The molecule has 0 spiro atoms. The molecule has 10 heteroatoms. The second-order valence-corrected chi connectivity index (χ2v) is 6.58. The average Bonchev–Trinajstić information content (AvgIpc) is 3.18. The Hall–Kier alpha value is -2.88. The van der Waals surface area contributed by atoms with Gasteiger partial charge in [-0.25, -0.2) is 14.6 Å². The van der Waals surface area contributed by atoms with Crippen LogP contribution in [0.25, 0.3) is 5.82 Å². The van der Waals surface area contributed by atoms with Crippen molar-refractivity contribution in [3.05, 3.63) is 35.9 Å². The second-order valence-electron chi connectivity index (χ2n) is 5.40. The molecule has 1 fully saturated rings. The molecule has 3 aromatic rings. The van der Waals surface area contributed by atoms with Crippen molar-refractivity contribution in [3.8, 4) is 5.82 Å². The first-order valence-corrected chi connectivity index (χ1v) is 8.18. The largest absolute Gasteiger partial charge is 0.355 e. The van der Waals surface area contributed by atoms with Gasteiger partial charge < -0.3 is 10.2 Å². The molecule has 4 heterocycles. The molecule has 0 saturated carbocycles. The Balaban J connectivity index is 1.39. The number of nitrogens with one attached hydrogen (secondary N) is 1. The predicted octanol–water partition coefficient (Wildman–Crippen LogP) is 0.897. The third-order valence-corrected chi connectivity index (χ3v) is 4.46. The zero-order valence-corrected chi connectivity index (χ0v) is 13.6. The van der Waals surface area contributed by atoms with E-state index in [4.69, 9.17) is 0 Å². The van der Waals surface area contributed by atoms with Gasteiger partial charge in [-0.1, -0.05) is 11.3 Å². The van der Waals surface area contributed by atoms with E-state index in [1.165, 1.54) is 17.7 Å². The van der Waals surface area contributed by atoms with Crippen molar-refractivity contribution >= 4 is 28.2 Å². The highest BCUT2D eigenvalue weighted by Gasteiger charge is 2.34. The van der Waals surface area contributed by atoms with Gasteiger partial charge in [-0.3, -0.25) is 4.79 Å². The molecule has 0 bridgehead atoms.